The maximum absolute atomic E-state index is 15.3. The highest BCUT2D eigenvalue weighted by Gasteiger charge is 2.34. The molecule has 0 atom stereocenters. The van der Waals surface area contributed by atoms with E-state index in [0.29, 0.717) is 30.5 Å². The van der Waals surface area contributed by atoms with Gasteiger partial charge in [0.25, 0.3) is 0 Å². The van der Waals surface area contributed by atoms with Gasteiger partial charge in [-0.1, -0.05) is 55.8 Å². The second kappa shape index (κ2) is 9.57. The maximum Gasteiger partial charge on any atom is 0.573 e. The molecule has 0 aromatic heterocycles. The number of allylic oxidation sites excluding steroid dienone is 2. The zero-order valence-corrected chi connectivity index (χ0v) is 18.4. The molecule has 0 spiro atoms. The van der Waals surface area contributed by atoms with Gasteiger partial charge in [0, 0.05) is 5.56 Å². The number of ether oxygens (including phenoxy) is 1. The SMILES string of the molecule is CCCCc1ccc(C2=CCc3c(ccc(-c4cc(F)c(OC(F)(F)F)c(F)c4)c3F)C2)cc1. The van der Waals surface area contributed by atoms with Crippen LogP contribution in [0.3, 0.4) is 0 Å². The fourth-order valence-electron chi connectivity index (χ4n) is 4.19. The number of alkyl halides is 3. The average molecular weight is 476 g/mol. The van der Waals surface area contributed by atoms with Crippen molar-refractivity contribution < 1.29 is 31.1 Å². The molecule has 4 rings (SSSR count). The molecule has 0 unspecified atom stereocenters. The quantitative estimate of drug-likeness (QED) is 0.326. The summed E-state index contributed by atoms with van der Waals surface area (Å²) in [5.41, 5.74) is 4.25. The summed E-state index contributed by atoms with van der Waals surface area (Å²) in [6.45, 7) is 2.15. The molecule has 0 bridgehead atoms. The van der Waals surface area contributed by atoms with Crippen molar-refractivity contribution in [1.29, 1.82) is 0 Å². The standard InChI is InChI=1S/C27H22F6O/c1-2-3-4-16-5-7-17(8-6-16)18-9-11-21-19(13-18)10-12-22(25(21)30)20-14-23(28)26(24(29)15-20)34-27(31,32)33/h5-10,12,14-15H,2-4,11,13H2,1H3. The van der Waals surface area contributed by atoms with Crippen LogP contribution in [-0.2, 0) is 19.3 Å². The predicted octanol–water partition coefficient (Wildman–Crippen LogP) is 8.19. The molecule has 0 heterocycles. The second-order valence-corrected chi connectivity index (χ2v) is 8.29. The van der Waals surface area contributed by atoms with Gasteiger partial charge in [0.1, 0.15) is 5.82 Å². The van der Waals surface area contributed by atoms with Crippen LogP contribution in [0.5, 0.6) is 5.75 Å². The molecular formula is C27H22F6O. The lowest BCUT2D eigenvalue weighted by Crippen LogP contribution is -2.19. The van der Waals surface area contributed by atoms with Crippen LogP contribution < -0.4 is 4.74 Å². The van der Waals surface area contributed by atoms with Crippen LogP contribution >= 0.6 is 0 Å². The van der Waals surface area contributed by atoms with Gasteiger partial charge in [-0.3, -0.25) is 0 Å². The Kier molecular flexibility index (Phi) is 6.73. The van der Waals surface area contributed by atoms with E-state index in [1.165, 1.54) is 11.6 Å². The summed E-state index contributed by atoms with van der Waals surface area (Å²) in [5.74, 6) is -5.34. The van der Waals surface area contributed by atoms with Crippen LogP contribution in [0, 0.1) is 17.5 Å². The van der Waals surface area contributed by atoms with E-state index in [0.717, 1.165) is 36.0 Å². The minimum Gasteiger partial charge on any atom is -0.399 e. The van der Waals surface area contributed by atoms with Crippen LogP contribution in [0.1, 0.15) is 42.0 Å². The maximum atomic E-state index is 15.3. The summed E-state index contributed by atoms with van der Waals surface area (Å²) in [6, 6.07) is 12.7. The number of fused-ring (bicyclic) bond motifs is 1. The number of hydrogen-bond acceptors (Lipinski definition) is 1. The molecule has 34 heavy (non-hydrogen) atoms. The van der Waals surface area contributed by atoms with Crippen LogP contribution in [0.25, 0.3) is 16.7 Å². The molecule has 1 aliphatic carbocycles. The molecule has 0 aliphatic heterocycles. The van der Waals surface area contributed by atoms with Gasteiger partial charge in [0.15, 0.2) is 11.6 Å². The van der Waals surface area contributed by atoms with Crippen molar-refractivity contribution in [3.05, 3.63) is 94.3 Å². The lowest BCUT2D eigenvalue weighted by atomic mass is 9.85. The normalized spacial score (nSPS) is 13.4. The first kappa shape index (κ1) is 23.9. The average Bonchev–Trinajstić information content (AvgIpc) is 2.80. The monoisotopic (exact) mass is 476 g/mol. The summed E-state index contributed by atoms with van der Waals surface area (Å²) >= 11 is 0. The third-order valence-electron chi connectivity index (χ3n) is 5.94. The predicted molar refractivity (Wildman–Crippen MR) is 119 cm³/mol. The van der Waals surface area contributed by atoms with Gasteiger partial charge in [-0.15, -0.1) is 13.2 Å². The van der Waals surface area contributed by atoms with Gasteiger partial charge < -0.3 is 4.74 Å². The van der Waals surface area contributed by atoms with Crippen molar-refractivity contribution in [2.75, 3.05) is 0 Å². The summed E-state index contributed by atoms with van der Waals surface area (Å²) in [4.78, 5) is 0. The van der Waals surface area contributed by atoms with Crippen molar-refractivity contribution in [2.45, 2.75) is 45.4 Å². The van der Waals surface area contributed by atoms with Gasteiger partial charge in [0.05, 0.1) is 0 Å². The Morgan fingerprint density at radius 2 is 1.56 bits per heavy atom. The van der Waals surface area contributed by atoms with Crippen molar-refractivity contribution >= 4 is 5.57 Å². The van der Waals surface area contributed by atoms with Crippen molar-refractivity contribution in [3.63, 3.8) is 0 Å². The zero-order chi connectivity index (χ0) is 24.5. The molecule has 1 aliphatic rings. The Bertz CT molecular complexity index is 1200. The Morgan fingerprint density at radius 3 is 2.18 bits per heavy atom. The fourth-order valence-corrected chi connectivity index (χ4v) is 4.19. The summed E-state index contributed by atoms with van der Waals surface area (Å²) in [7, 11) is 0. The Morgan fingerprint density at radius 1 is 0.882 bits per heavy atom. The highest BCUT2D eigenvalue weighted by atomic mass is 19.4. The van der Waals surface area contributed by atoms with Crippen LogP contribution in [0.4, 0.5) is 26.3 Å². The third kappa shape index (κ3) is 5.13. The smallest absolute Gasteiger partial charge is 0.399 e. The Balaban J connectivity index is 1.59. The van der Waals surface area contributed by atoms with Gasteiger partial charge >= 0.3 is 6.36 Å². The highest BCUT2D eigenvalue weighted by molar-refractivity contribution is 5.73. The number of benzene rings is 3. The molecule has 178 valence electrons. The van der Waals surface area contributed by atoms with Crippen molar-refractivity contribution in [1.82, 2.24) is 0 Å². The highest BCUT2D eigenvalue weighted by Crippen LogP contribution is 2.37. The first-order chi connectivity index (χ1) is 16.2. The van der Waals surface area contributed by atoms with Crippen molar-refractivity contribution in [2.24, 2.45) is 0 Å². The van der Waals surface area contributed by atoms with E-state index in [2.05, 4.69) is 35.9 Å². The molecule has 3 aromatic carbocycles. The van der Waals surface area contributed by atoms with Gasteiger partial charge in [-0.25, -0.2) is 13.2 Å². The van der Waals surface area contributed by atoms with Crippen molar-refractivity contribution in [3.8, 4) is 16.9 Å². The van der Waals surface area contributed by atoms with Crippen LogP contribution in [-0.4, -0.2) is 6.36 Å². The summed E-state index contributed by atoms with van der Waals surface area (Å²) in [6.07, 6.45) is 0.754. The minimum atomic E-state index is -5.25. The molecule has 0 amide bonds. The largest absolute Gasteiger partial charge is 0.573 e. The van der Waals surface area contributed by atoms with E-state index in [1.807, 2.05) is 6.08 Å². The lowest BCUT2D eigenvalue weighted by Gasteiger charge is -2.20. The van der Waals surface area contributed by atoms with E-state index in [1.54, 1.807) is 6.07 Å². The van der Waals surface area contributed by atoms with Crippen LogP contribution in [0.2, 0.25) is 0 Å². The number of unbranched alkanes of at least 4 members (excludes halogenated alkanes) is 1. The zero-order valence-electron chi connectivity index (χ0n) is 18.4. The number of halogens is 6. The number of aryl methyl sites for hydroxylation is 1. The molecule has 0 saturated carbocycles. The van der Waals surface area contributed by atoms with E-state index in [4.69, 9.17) is 0 Å². The van der Waals surface area contributed by atoms with Gasteiger partial charge in [-0.05, 0) is 71.2 Å². The van der Waals surface area contributed by atoms with E-state index in [9.17, 15) is 22.0 Å². The number of hydrogen-bond donors (Lipinski definition) is 0. The number of rotatable bonds is 6. The van der Waals surface area contributed by atoms with E-state index < -0.39 is 29.6 Å². The lowest BCUT2D eigenvalue weighted by molar-refractivity contribution is -0.276. The third-order valence-corrected chi connectivity index (χ3v) is 5.94. The molecule has 0 radical (unpaired) electrons. The fraction of sp³-hybridized carbons (Fsp3) is 0.259. The molecule has 1 nitrogen and oxygen atoms in total. The minimum absolute atomic E-state index is 0.0905. The summed E-state index contributed by atoms with van der Waals surface area (Å²) < 4.78 is 84.1. The van der Waals surface area contributed by atoms with Gasteiger partial charge in [-0.2, -0.15) is 0 Å². The molecule has 0 saturated heterocycles. The first-order valence-corrected chi connectivity index (χ1v) is 11.0. The van der Waals surface area contributed by atoms with Crippen LogP contribution in [0.15, 0.2) is 54.6 Å². The molecule has 0 fully saturated rings. The first-order valence-electron chi connectivity index (χ1n) is 11.0. The molecule has 7 heteroatoms. The van der Waals surface area contributed by atoms with E-state index >= 15 is 4.39 Å². The van der Waals surface area contributed by atoms with Gasteiger partial charge in [0.2, 0.25) is 5.75 Å². The Hall–Kier alpha value is -3.22. The van der Waals surface area contributed by atoms with E-state index in [-0.39, 0.29) is 11.1 Å². The second-order valence-electron chi connectivity index (χ2n) is 8.29. The molecule has 3 aromatic rings. The molecular weight excluding hydrogens is 454 g/mol. The topological polar surface area (TPSA) is 9.23 Å². The molecule has 0 N–H and O–H groups in total. The summed E-state index contributed by atoms with van der Waals surface area (Å²) in [5, 5.41) is 0. The Labute approximate surface area is 193 Å².